The third-order valence-electron chi connectivity index (χ3n) is 3.81. The molecule has 18 heavy (non-hydrogen) atoms. The van der Waals surface area contributed by atoms with Crippen LogP contribution in [0.2, 0.25) is 0 Å². The zero-order valence-corrected chi connectivity index (χ0v) is 12.5. The highest BCUT2D eigenvalue weighted by Gasteiger charge is 2.19. The van der Waals surface area contributed by atoms with Crippen molar-refractivity contribution in [1.29, 1.82) is 0 Å². The molecule has 0 aromatic heterocycles. The maximum absolute atomic E-state index is 5.69. The molecule has 2 nitrogen and oxygen atoms in total. The summed E-state index contributed by atoms with van der Waals surface area (Å²) >= 11 is 0. The Bertz CT molecular complexity index is 371. The first-order valence-electron chi connectivity index (χ1n) is 6.99. The summed E-state index contributed by atoms with van der Waals surface area (Å²) in [5, 5.41) is 3.45. The molecule has 0 spiro atoms. The summed E-state index contributed by atoms with van der Waals surface area (Å²) in [6.45, 7) is 9.70. The summed E-state index contributed by atoms with van der Waals surface area (Å²) in [6.07, 6.45) is 1.05. The fourth-order valence-electron chi connectivity index (χ4n) is 2.53. The standard InChI is InChI=1S/C16H28N2/c1-11(2)14-7-6-12(3)15(10-14)16(18-5)13(4)8-9-17/h6-7,10-11,13,16,18H,8-9,17H2,1-5H3. The molecule has 0 radical (unpaired) electrons. The number of aryl methyl sites for hydroxylation is 1. The van der Waals surface area contributed by atoms with Gasteiger partial charge in [0.2, 0.25) is 0 Å². The van der Waals surface area contributed by atoms with Gasteiger partial charge in [-0.25, -0.2) is 0 Å². The molecular formula is C16H28N2. The van der Waals surface area contributed by atoms with E-state index in [0.29, 0.717) is 17.9 Å². The lowest BCUT2D eigenvalue weighted by atomic mass is 9.87. The van der Waals surface area contributed by atoms with E-state index in [1.807, 2.05) is 7.05 Å². The Morgan fingerprint density at radius 3 is 2.39 bits per heavy atom. The Morgan fingerprint density at radius 1 is 1.22 bits per heavy atom. The molecule has 0 amide bonds. The van der Waals surface area contributed by atoms with Crippen LogP contribution in [0, 0.1) is 12.8 Å². The molecule has 1 rings (SSSR count). The zero-order chi connectivity index (χ0) is 13.7. The largest absolute Gasteiger partial charge is 0.330 e. The van der Waals surface area contributed by atoms with E-state index in [1.54, 1.807) is 0 Å². The molecule has 0 aliphatic carbocycles. The van der Waals surface area contributed by atoms with Gasteiger partial charge in [0.05, 0.1) is 0 Å². The Kier molecular flexibility index (Phi) is 5.83. The van der Waals surface area contributed by atoms with E-state index in [4.69, 9.17) is 5.73 Å². The minimum Gasteiger partial charge on any atom is -0.330 e. The maximum atomic E-state index is 5.69. The molecule has 0 fully saturated rings. The molecule has 1 aromatic carbocycles. The second kappa shape index (κ2) is 6.91. The van der Waals surface area contributed by atoms with E-state index in [2.05, 4.69) is 51.2 Å². The molecule has 102 valence electrons. The number of nitrogens with one attached hydrogen (secondary N) is 1. The van der Waals surface area contributed by atoms with Crippen LogP contribution in [-0.4, -0.2) is 13.6 Å². The van der Waals surface area contributed by atoms with Gasteiger partial charge in [0.25, 0.3) is 0 Å². The van der Waals surface area contributed by atoms with E-state index in [0.717, 1.165) is 13.0 Å². The van der Waals surface area contributed by atoms with Crippen molar-refractivity contribution in [2.45, 2.75) is 46.1 Å². The van der Waals surface area contributed by atoms with Crippen molar-refractivity contribution < 1.29 is 0 Å². The van der Waals surface area contributed by atoms with Crippen LogP contribution in [0.15, 0.2) is 18.2 Å². The summed E-state index contributed by atoms with van der Waals surface area (Å²) < 4.78 is 0. The van der Waals surface area contributed by atoms with Crippen LogP contribution in [0.1, 0.15) is 55.8 Å². The van der Waals surface area contributed by atoms with Crippen molar-refractivity contribution in [3.05, 3.63) is 34.9 Å². The van der Waals surface area contributed by atoms with E-state index >= 15 is 0 Å². The van der Waals surface area contributed by atoms with E-state index in [-0.39, 0.29) is 0 Å². The van der Waals surface area contributed by atoms with Crippen LogP contribution in [0.25, 0.3) is 0 Å². The highest BCUT2D eigenvalue weighted by atomic mass is 14.9. The summed E-state index contributed by atoms with van der Waals surface area (Å²) in [5.41, 5.74) is 9.89. The lowest BCUT2D eigenvalue weighted by Crippen LogP contribution is -2.26. The van der Waals surface area contributed by atoms with Gasteiger partial charge in [-0.3, -0.25) is 0 Å². The van der Waals surface area contributed by atoms with Crippen LogP contribution >= 0.6 is 0 Å². The molecule has 0 heterocycles. The minimum atomic E-state index is 0.396. The van der Waals surface area contributed by atoms with E-state index in [1.165, 1.54) is 16.7 Å². The van der Waals surface area contributed by atoms with Crippen molar-refractivity contribution in [3.8, 4) is 0 Å². The number of nitrogens with two attached hydrogens (primary N) is 1. The Morgan fingerprint density at radius 2 is 1.89 bits per heavy atom. The summed E-state index contributed by atoms with van der Waals surface area (Å²) in [6, 6.07) is 7.23. The van der Waals surface area contributed by atoms with Gasteiger partial charge in [0.1, 0.15) is 0 Å². The van der Waals surface area contributed by atoms with Crippen LogP contribution in [0.3, 0.4) is 0 Å². The molecule has 0 aliphatic heterocycles. The molecule has 0 bridgehead atoms. The first kappa shape index (κ1) is 15.2. The van der Waals surface area contributed by atoms with Crippen molar-refractivity contribution >= 4 is 0 Å². The molecule has 0 saturated carbocycles. The van der Waals surface area contributed by atoms with Gasteiger partial charge in [-0.05, 0) is 55.5 Å². The fourth-order valence-corrected chi connectivity index (χ4v) is 2.53. The molecule has 1 aromatic rings. The predicted octanol–water partition coefficient (Wildman–Crippen LogP) is 3.36. The molecule has 3 N–H and O–H groups in total. The Balaban J connectivity index is 3.07. The summed E-state index contributed by atoms with van der Waals surface area (Å²) in [4.78, 5) is 0. The zero-order valence-electron chi connectivity index (χ0n) is 12.5. The Hall–Kier alpha value is -0.860. The van der Waals surface area contributed by atoms with Gasteiger partial charge in [-0.1, -0.05) is 39.0 Å². The second-order valence-electron chi connectivity index (χ2n) is 5.59. The van der Waals surface area contributed by atoms with Crippen LogP contribution in [0.5, 0.6) is 0 Å². The molecule has 2 heteroatoms. The topological polar surface area (TPSA) is 38.0 Å². The lowest BCUT2D eigenvalue weighted by molar-refractivity contribution is 0.390. The highest BCUT2D eigenvalue weighted by Crippen LogP contribution is 2.29. The average Bonchev–Trinajstić information content (AvgIpc) is 2.32. The number of rotatable bonds is 6. The third kappa shape index (κ3) is 3.56. The number of benzene rings is 1. The highest BCUT2D eigenvalue weighted by molar-refractivity contribution is 5.35. The van der Waals surface area contributed by atoms with Crippen LogP contribution < -0.4 is 11.1 Å². The summed E-state index contributed by atoms with van der Waals surface area (Å²) in [7, 11) is 2.04. The van der Waals surface area contributed by atoms with Gasteiger partial charge in [-0.15, -0.1) is 0 Å². The second-order valence-corrected chi connectivity index (χ2v) is 5.59. The monoisotopic (exact) mass is 248 g/mol. The first-order chi connectivity index (χ1) is 8.51. The van der Waals surface area contributed by atoms with Crippen molar-refractivity contribution in [1.82, 2.24) is 5.32 Å². The average molecular weight is 248 g/mol. The van der Waals surface area contributed by atoms with Crippen molar-refractivity contribution in [3.63, 3.8) is 0 Å². The molecular weight excluding hydrogens is 220 g/mol. The van der Waals surface area contributed by atoms with Crippen molar-refractivity contribution in [2.75, 3.05) is 13.6 Å². The fraction of sp³-hybridized carbons (Fsp3) is 0.625. The molecule has 2 atom stereocenters. The smallest absolute Gasteiger partial charge is 0.0346 e. The van der Waals surface area contributed by atoms with E-state index in [9.17, 15) is 0 Å². The SMILES string of the molecule is CNC(c1cc(C(C)C)ccc1C)C(C)CCN. The maximum Gasteiger partial charge on any atom is 0.0346 e. The van der Waals surface area contributed by atoms with Gasteiger partial charge in [0, 0.05) is 6.04 Å². The number of hydrogen-bond acceptors (Lipinski definition) is 2. The van der Waals surface area contributed by atoms with Crippen LogP contribution in [-0.2, 0) is 0 Å². The molecule has 0 saturated heterocycles. The number of hydrogen-bond donors (Lipinski definition) is 2. The minimum absolute atomic E-state index is 0.396. The van der Waals surface area contributed by atoms with Crippen LogP contribution in [0.4, 0.5) is 0 Å². The molecule has 0 aliphatic rings. The predicted molar refractivity (Wildman–Crippen MR) is 79.9 cm³/mol. The third-order valence-corrected chi connectivity index (χ3v) is 3.81. The quantitative estimate of drug-likeness (QED) is 0.810. The molecule has 2 unspecified atom stereocenters. The van der Waals surface area contributed by atoms with Gasteiger partial charge in [0.15, 0.2) is 0 Å². The summed E-state index contributed by atoms with van der Waals surface area (Å²) in [5.74, 6) is 1.13. The van der Waals surface area contributed by atoms with Gasteiger partial charge in [-0.2, -0.15) is 0 Å². The normalized spacial score (nSPS) is 14.8. The first-order valence-corrected chi connectivity index (χ1v) is 6.99. The van der Waals surface area contributed by atoms with Crippen molar-refractivity contribution in [2.24, 2.45) is 11.7 Å². The van der Waals surface area contributed by atoms with Gasteiger partial charge >= 0.3 is 0 Å². The Labute approximate surface area is 112 Å². The van der Waals surface area contributed by atoms with Gasteiger partial charge < -0.3 is 11.1 Å². The van der Waals surface area contributed by atoms with E-state index < -0.39 is 0 Å². The lowest BCUT2D eigenvalue weighted by Gasteiger charge is -2.26.